The Labute approximate surface area is 102 Å². The standard InChI is InChI=1S/C13H19N3O/c1-9-3-2-4-11(13(14)15)12(9)16(7-8-17)10-5-6-10/h2-4,10,17H,5-8H2,1H3,(H3,14,15). The van der Waals surface area contributed by atoms with Crippen LogP contribution in [0, 0.1) is 12.3 Å². The summed E-state index contributed by atoms with van der Waals surface area (Å²) in [5.41, 5.74) is 8.52. The number of hydrogen-bond acceptors (Lipinski definition) is 3. The van der Waals surface area contributed by atoms with Gasteiger partial charge in [-0.25, -0.2) is 0 Å². The maximum atomic E-state index is 9.17. The van der Waals surface area contributed by atoms with Crippen molar-refractivity contribution in [1.29, 1.82) is 5.41 Å². The molecule has 17 heavy (non-hydrogen) atoms. The minimum atomic E-state index is 0.0901. The summed E-state index contributed by atoms with van der Waals surface area (Å²) >= 11 is 0. The van der Waals surface area contributed by atoms with E-state index in [1.807, 2.05) is 25.1 Å². The van der Waals surface area contributed by atoms with Crippen LogP contribution in [-0.4, -0.2) is 30.1 Å². The van der Waals surface area contributed by atoms with Crippen molar-refractivity contribution in [2.75, 3.05) is 18.1 Å². The van der Waals surface area contributed by atoms with E-state index < -0.39 is 0 Å². The fourth-order valence-corrected chi connectivity index (χ4v) is 2.23. The fourth-order valence-electron chi connectivity index (χ4n) is 2.23. The summed E-state index contributed by atoms with van der Waals surface area (Å²) in [6, 6.07) is 6.31. The van der Waals surface area contributed by atoms with Gasteiger partial charge in [-0.2, -0.15) is 0 Å². The smallest absolute Gasteiger partial charge is 0.124 e. The van der Waals surface area contributed by atoms with Gasteiger partial charge in [0.2, 0.25) is 0 Å². The lowest BCUT2D eigenvalue weighted by atomic mass is 10.1. The molecule has 1 aliphatic carbocycles. The second-order valence-corrected chi connectivity index (χ2v) is 4.53. The zero-order valence-electron chi connectivity index (χ0n) is 10.1. The number of nitrogens with zero attached hydrogens (tertiary/aromatic N) is 1. The van der Waals surface area contributed by atoms with Gasteiger partial charge in [-0.15, -0.1) is 0 Å². The van der Waals surface area contributed by atoms with Gasteiger partial charge in [-0.05, 0) is 31.4 Å². The van der Waals surface area contributed by atoms with Crippen LogP contribution in [-0.2, 0) is 0 Å². The third kappa shape index (κ3) is 2.42. The fraction of sp³-hybridized carbons (Fsp3) is 0.462. The number of benzene rings is 1. The molecule has 4 N–H and O–H groups in total. The number of aliphatic hydroxyl groups is 1. The Morgan fingerprint density at radius 2 is 2.24 bits per heavy atom. The van der Waals surface area contributed by atoms with E-state index in [9.17, 15) is 0 Å². The van der Waals surface area contributed by atoms with Crippen LogP contribution in [0.1, 0.15) is 24.0 Å². The van der Waals surface area contributed by atoms with Crippen LogP contribution in [0.5, 0.6) is 0 Å². The number of para-hydroxylation sites is 1. The molecule has 4 nitrogen and oxygen atoms in total. The van der Waals surface area contributed by atoms with Gasteiger partial charge in [0, 0.05) is 18.2 Å². The molecule has 0 radical (unpaired) electrons. The van der Waals surface area contributed by atoms with E-state index in [4.69, 9.17) is 16.2 Å². The van der Waals surface area contributed by atoms with Crippen molar-refractivity contribution in [3.8, 4) is 0 Å². The van der Waals surface area contributed by atoms with Crippen molar-refractivity contribution in [2.45, 2.75) is 25.8 Å². The van der Waals surface area contributed by atoms with Gasteiger partial charge >= 0.3 is 0 Å². The van der Waals surface area contributed by atoms with Gasteiger partial charge in [0.1, 0.15) is 5.84 Å². The summed E-state index contributed by atoms with van der Waals surface area (Å²) in [5.74, 6) is 0.0901. The highest BCUT2D eigenvalue weighted by Gasteiger charge is 2.31. The zero-order chi connectivity index (χ0) is 12.4. The van der Waals surface area contributed by atoms with Crippen molar-refractivity contribution in [1.82, 2.24) is 0 Å². The maximum Gasteiger partial charge on any atom is 0.124 e. The number of hydrogen-bond donors (Lipinski definition) is 3. The van der Waals surface area contributed by atoms with E-state index in [0.717, 1.165) is 29.7 Å². The summed E-state index contributed by atoms with van der Waals surface area (Å²) < 4.78 is 0. The Kier molecular flexibility index (Phi) is 3.33. The lowest BCUT2D eigenvalue weighted by Gasteiger charge is -2.27. The van der Waals surface area contributed by atoms with Crippen molar-refractivity contribution in [2.24, 2.45) is 5.73 Å². The van der Waals surface area contributed by atoms with Gasteiger partial charge < -0.3 is 15.7 Å². The van der Waals surface area contributed by atoms with Crippen molar-refractivity contribution >= 4 is 11.5 Å². The molecule has 0 bridgehead atoms. The number of nitrogens with one attached hydrogen (secondary N) is 1. The molecule has 0 atom stereocenters. The molecular weight excluding hydrogens is 214 g/mol. The Balaban J connectivity index is 2.43. The number of nitrogens with two attached hydrogens (primary N) is 1. The largest absolute Gasteiger partial charge is 0.395 e. The van der Waals surface area contributed by atoms with E-state index in [1.165, 1.54) is 0 Å². The highest BCUT2D eigenvalue weighted by atomic mass is 16.3. The van der Waals surface area contributed by atoms with Crippen LogP contribution in [0.25, 0.3) is 0 Å². The number of aliphatic hydroxyl groups excluding tert-OH is 1. The summed E-state index contributed by atoms with van der Waals surface area (Å²) in [7, 11) is 0. The van der Waals surface area contributed by atoms with Crippen LogP contribution in [0.2, 0.25) is 0 Å². The predicted octanol–water partition coefficient (Wildman–Crippen LogP) is 1.24. The monoisotopic (exact) mass is 233 g/mol. The first kappa shape index (κ1) is 11.9. The first-order chi connectivity index (χ1) is 8.15. The zero-order valence-corrected chi connectivity index (χ0v) is 10.1. The van der Waals surface area contributed by atoms with E-state index in [2.05, 4.69) is 4.90 Å². The quantitative estimate of drug-likeness (QED) is 0.529. The Morgan fingerprint density at radius 3 is 2.76 bits per heavy atom. The van der Waals surface area contributed by atoms with Gasteiger partial charge in [-0.1, -0.05) is 12.1 Å². The Morgan fingerprint density at radius 1 is 1.53 bits per heavy atom. The first-order valence-electron chi connectivity index (χ1n) is 5.96. The molecule has 0 spiro atoms. The van der Waals surface area contributed by atoms with Crippen LogP contribution in [0.15, 0.2) is 18.2 Å². The normalized spacial score (nSPS) is 14.7. The minimum absolute atomic E-state index is 0.0901. The maximum absolute atomic E-state index is 9.17. The second kappa shape index (κ2) is 4.75. The van der Waals surface area contributed by atoms with Gasteiger partial charge in [-0.3, -0.25) is 5.41 Å². The summed E-state index contributed by atoms with van der Waals surface area (Å²) in [6.45, 7) is 2.76. The summed E-state index contributed by atoms with van der Waals surface area (Å²) in [5, 5.41) is 16.8. The SMILES string of the molecule is Cc1cccc(C(=N)N)c1N(CCO)C1CC1. The Bertz CT molecular complexity index is 427. The number of rotatable bonds is 5. The van der Waals surface area contributed by atoms with Crippen molar-refractivity contribution < 1.29 is 5.11 Å². The first-order valence-corrected chi connectivity index (χ1v) is 5.96. The second-order valence-electron chi connectivity index (χ2n) is 4.53. The molecular formula is C13H19N3O. The molecule has 1 aliphatic rings. The topological polar surface area (TPSA) is 73.3 Å². The Hall–Kier alpha value is -1.55. The molecule has 2 rings (SSSR count). The van der Waals surface area contributed by atoms with Crippen LogP contribution >= 0.6 is 0 Å². The van der Waals surface area contributed by atoms with Crippen molar-refractivity contribution in [3.05, 3.63) is 29.3 Å². The average Bonchev–Trinajstić information content (AvgIpc) is 3.10. The van der Waals surface area contributed by atoms with Crippen LogP contribution in [0.3, 0.4) is 0 Å². The van der Waals surface area contributed by atoms with Gasteiger partial charge in [0.25, 0.3) is 0 Å². The molecule has 0 saturated heterocycles. The van der Waals surface area contributed by atoms with Gasteiger partial charge in [0.15, 0.2) is 0 Å². The van der Waals surface area contributed by atoms with Crippen molar-refractivity contribution in [3.63, 3.8) is 0 Å². The van der Waals surface area contributed by atoms with E-state index in [0.29, 0.717) is 12.6 Å². The summed E-state index contributed by atoms with van der Waals surface area (Å²) in [6.07, 6.45) is 2.32. The highest BCUT2D eigenvalue weighted by molar-refractivity contribution is 6.01. The molecule has 4 heteroatoms. The average molecular weight is 233 g/mol. The van der Waals surface area contributed by atoms with Crippen LogP contribution < -0.4 is 10.6 Å². The lowest BCUT2D eigenvalue weighted by Crippen LogP contribution is -2.32. The predicted molar refractivity (Wildman–Crippen MR) is 69.6 cm³/mol. The number of anilines is 1. The molecule has 0 amide bonds. The lowest BCUT2D eigenvalue weighted by molar-refractivity contribution is 0.301. The molecule has 0 aliphatic heterocycles. The van der Waals surface area contributed by atoms with E-state index in [-0.39, 0.29) is 12.4 Å². The van der Waals surface area contributed by atoms with Crippen LogP contribution in [0.4, 0.5) is 5.69 Å². The molecule has 1 fully saturated rings. The molecule has 0 aromatic heterocycles. The van der Waals surface area contributed by atoms with E-state index >= 15 is 0 Å². The number of nitrogen functional groups attached to an aromatic ring is 1. The molecule has 92 valence electrons. The number of amidine groups is 1. The number of aryl methyl sites for hydroxylation is 1. The molecule has 1 saturated carbocycles. The molecule has 1 aromatic rings. The molecule has 0 unspecified atom stereocenters. The third-order valence-corrected chi connectivity index (χ3v) is 3.14. The highest BCUT2D eigenvalue weighted by Crippen LogP contribution is 2.35. The molecule has 0 heterocycles. The molecule has 1 aromatic carbocycles. The third-order valence-electron chi connectivity index (χ3n) is 3.14. The summed E-state index contributed by atoms with van der Waals surface area (Å²) in [4.78, 5) is 2.19. The van der Waals surface area contributed by atoms with E-state index in [1.54, 1.807) is 0 Å². The minimum Gasteiger partial charge on any atom is -0.395 e. The van der Waals surface area contributed by atoms with Gasteiger partial charge in [0.05, 0.1) is 12.3 Å².